The Morgan fingerprint density at radius 1 is 1.18 bits per heavy atom. The molecule has 22 heavy (non-hydrogen) atoms. The lowest BCUT2D eigenvalue weighted by atomic mass is 10.1. The molecule has 5 nitrogen and oxygen atoms in total. The third-order valence-corrected chi connectivity index (χ3v) is 3.50. The number of aromatic nitrogens is 2. The number of nitrogens with zero attached hydrogens (tertiary/aromatic N) is 1. The molecule has 0 spiro atoms. The zero-order chi connectivity index (χ0) is 15.7. The first kappa shape index (κ1) is 14.3. The molecule has 0 aliphatic carbocycles. The highest BCUT2D eigenvalue weighted by Gasteiger charge is 2.16. The minimum absolute atomic E-state index is 0.0731. The molecule has 0 aliphatic heterocycles. The second-order valence-electron chi connectivity index (χ2n) is 4.60. The normalized spacial score (nSPS) is 10.6. The summed E-state index contributed by atoms with van der Waals surface area (Å²) in [4.78, 5) is 32.0. The zero-order valence-electron chi connectivity index (χ0n) is 11.6. The standard InChI is InChI=1S/C16H11ClN2O3/c1-22-15-13(11-4-2-3-7-18-11)14(20)10-6-5-9(17)8-12(10)19-16(15)21/h2-8H,1H3,(H,19,21). The number of fused-ring (bicyclic) bond motifs is 1. The summed E-state index contributed by atoms with van der Waals surface area (Å²) in [5.74, 6) is -0.0731. The number of hydrogen-bond acceptors (Lipinski definition) is 4. The molecule has 0 unspecified atom stereocenters. The molecule has 1 N–H and O–H groups in total. The van der Waals surface area contributed by atoms with E-state index in [9.17, 15) is 9.59 Å². The number of aromatic amines is 1. The second kappa shape index (κ2) is 5.61. The monoisotopic (exact) mass is 314 g/mol. The Kier molecular flexibility index (Phi) is 3.65. The van der Waals surface area contributed by atoms with Crippen molar-refractivity contribution in [3.05, 3.63) is 68.2 Å². The van der Waals surface area contributed by atoms with Gasteiger partial charge >= 0.3 is 0 Å². The molecule has 0 radical (unpaired) electrons. The highest BCUT2D eigenvalue weighted by molar-refractivity contribution is 6.31. The van der Waals surface area contributed by atoms with Crippen molar-refractivity contribution < 1.29 is 4.74 Å². The van der Waals surface area contributed by atoms with Gasteiger partial charge in [0.2, 0.25) is 5.43 Å². The van der Waals surface area contributed by atoms with Crippen molar-refractivity contribution >= 4 is 22.5 Å². The number of benzene rings is 1. The van der Waals surface area contributed by atoms with Crippen LogP contribution in [-0.4, -0.2) is 17.1 Å². The van der Waals surface area contributed by atoms with Gasteiger partial charge in [0.05, 0.1) is 23.9 Å². The predicted octanol–water partition coefficient (Wildman–Crippen LogP) is 2.61. The Labute approximate surface area is 130 Å². The van der Waals surface area contributed by atoms with Crippen LogP contribution < -0.4 is 15.7 Å². The van der Waals surface area contributed by atoms with Crippen molar-refractivity contribution in [3.63, 3.8) is 0 Å². The van der Waals surface area contributed by atoms with E-state index in [0.717, 1.165) is 0 Å². The molecule has 3 aromatic rings. The molecular formula is C16H11ClN2O3. The maximum absolute atomic E-state index is 12.9. The highest BCUT2D eigenvalue weighted by Crippen LogP contribution is 2.23. The fourth-order valence-corrected chi connectivity index (χ4v) is 2.46. The van der Waals surface area contributed by atoms with E-state index in [0.29, 0.717) is 21.6 Å². The molecule has 0 saturated heterocycles. The van der Waals surface area contributed by atoms with Crippen LogP contribution in [0, 0.1) is 0 Å². The maximum atomic E-state index is 12.9. The van der Waals surface area contributed by atoms with E-state index >= 15 is 0 Å². The van der Waals surface area contributed by atoms with Crippen molar-refractivity contribution in [2.75, 3.05) is 7.11 Å². The first-order chi connectivity index (χ1) is 10.6. The van der Waals surface area contributed by atoms with Gasteiger partial charge in [-0.25, -0.2) is 0 Å². The second-order valence-corrected chi connectivity index (χ2v) is 5.03. The average Bonchev–Trinajstić information content (AvgIpc) is 2.62. The molecule has 2 aromatic heterocycles. The van der Waals surface area contributed by atoms with Gasteiger partial charge in [0.1, 0.15) is 0 Å². The lowest BCUT2D eigenvalue weighted by Crippen LogP contribution is -2.10. The van der Waals surface area contributed by atoms with Crippen LogP contribution in [0.4, 0.5) is 0 Å². The summed E-state index contributed by atoms with van der Waals surface area (Å²) in [5.41, 5.74) is -0.00922. The summed E-state index contributed by atoms with van der Waals surface area (Å²) in [6, 6.07) is 9.81. The number of rotatable bonds is 2. The van der Waals surface area contributed by atoms with Crippen LogP contribution in [0.5, 0.6) is 5.75 Å². The zero-order valence-corrected chi connectivity index (χ0v) is 12.3. The topological polar surface area (TPSA) is 72.0 Å². The molecule has 2 heterocycles. The molecule has 1 aromatic carbocycles. The Morgan fingerprint density at radius 2 is 2.00 bits per heavy atom. The molecule has 0 saturated carbocycles. The minimum Gasteiger partial charge on any atom is -0.490 e. The lowest BCUT2D eigenvalue weighted by Gasteiger charge is -2.02. The van der Waals surface area contributed by atoms with Gasteiger partial charge in [0.25, 0.3) is 5.56 Å². The first-order valence-corrected chi connectivity index (χ1v) is 6.85. The van der Waals surface area contributed by atoms with Gasteiger partial charge in [-0.05, 0) is 30.3 Å². The van der Waals surface area contributed by atoms with Crippen molar-refractivity contribution in [2.45, 2.75) is 0 Å². The smallest absolute Gasteiger partial charge is 0.291 e. The number of methoxy groups -OCH3 is 1. The summed E-state index contributed by atoms with van der Waals surface area (Å²) in [5, 5.41) is 0.762. The molecular weight excluding hydrogens is 304 g/mol. The van der Waals surface area contributed by atoms with E-state index in [1.165, 1.54) is 13.2 Å². The third kappa shape index (κ3) is 2.35. The molecule has 3 rings (SSSR count). The van der Waals surface area contributed by atoms with E-state index in [-0.39, 0.29) is 16.7 Å². The van der Waals surface area contributed by atoms with Crippen molar-refractivity contribution in [1.29, 1.82) is 0 Å². The summed E-state index contributed by atoms with van der Waals surface area (Å²) in [6.45, 7) is 0. The molecule has 0 aliphatic rings. The largest absolute Gasteiger partial charge is 0.490 e. The molecule has 0 amide bonds. The number of hydrogen-bond donors (Lipinski definition) is 1. The number of pyridine rings is 1. The highest BCUT2D eigenvalue weighted by atomic mass is 35.5. The Balaban J connectivity index is 2.56. The van der Waals surface area contributed by atoms with Crippen molar-refractivity contribution in [2.24, 2.45) is 0 Å². The van der Waals surface area contributed by atoms with Gasteiger partial charge in [-0.2, -0.15) is 0 Å². The summed E-state index contributed by atoms with van der Waals surface area (Å²) in [6.07, 6.45) is 1.55. The number of nitrogens with one attached hydrogen (secondary N) is 1. The molecule has 0 fully saturated rings. The van der Waals surface area contributed by atoms with Crippen molar-refractivity contribution in [3.8, 4) is 17.0 Å². The molecule has 0 atom stereocenters. The Hall–Kier alpha value is -2.66. The number of H-pyrrole nitrogens is 1. The average molecular weight is 315 g/mol. The molecule has 0 bridgehead atoms. The van der Waals surface area contributed by atoms with Crippen LogP contribution in [-0.2, 0) is 0 Å². The van der Waals surface area contributed by atoms with E-state index in [1.54, 1.807) is 36.5 Å². The summed E-state index contributed by atoms with van der Waals surface area (Å²) >= 11 is 5.93. The van der Waals surface area contributed by atoms with Gasteiger partial charge in [0, 0.05) is 16.6 Å². The van der Waals surface area contributed by atoms with E-state index < -0.39 is 5.56 Å². The number of ether oxygens (including phenoxy) is 1. The quantitative estimate of drug-likeness (QED) is 0.789. The number of halogens is 1. The van der Waals surface area contributed by atoms with Crippen LogP contribution in [0.25, 0.3) is 22.2 Å². The third-order valence-electron chi connectivity index (χ3n) is 3.26. The summed E-state index contributed by atoms with van der Waals surface area (Å²) in [7, 11) is 1.34. The van der Waals surface area contributed by atoms with E-state index in [2.05, 4.69) is 9.97 Å². The van der Waals surface area contributed by atoms with Crippen LogP contribution in [0.3, 0.4) is 0 Å². The molecule has 110 valence electrons. The first-order valence-electron chi connectivity index (χ1n) is 6.47. The van der Waals surface area contributed by atoms with Crippen LogP contribution in [0.1, 0.15) is 0 Å². The van der Waals surface area contributed by atoms with Gasteiger partial charge in [-0.1, -0.05) is 17.7 Å². The van der Waals surface area contributed by atoms with Crippen LogP contribution in [0.15, 0.2) is 52.2 Å². The lowest BCUT2D eigenvalue weighted by molar-refractivity contribution is 0.410. The van der Waals surface area contributed by atoms with Crippen LogP contribution >= 0.6 is 11.6 Å². The van der Waals surface area contributed by atoms with Crippen molar-refractivity contribution in [1.82, 2.24) is 9.97 Å². The van der Waals surface area contributed by atoms with Gasteiger partial charge in [-0.15, -0.1) is 0 Å². The fourth-order valence-electron chi connectivity index (χ4n) is 2.29. The maximum Gasteiger partial charge on any atom is 0.291 e. The summed E-state index contributed by atoms with van der Waals surface area (Å²) < 4.78 is 5.16. The Bertz CT molecular complexity index is 968. The van der Waals surface area contributed by atoms with E-state index in [4.69, 9.17) is 16.3 Å². The van der Waals surface area contributed by atoms with Gasteiger partial charge < -0.3 is 9.72 Å². The van der Waals surface area contributed by atoms with E-state index in [1.807, 2.05) is 0 Å². The SMILES string of the molecule is COc1c(-c2ccccn2)c(=O)c2ccc(Cl)cc2[nH]c1=O. The fraction of sp³-hybridized carbons (Fsp3) is 0.0625. The van der Waals surface area contributed by atoms with Gasteiger partial charge in [-0.3, -0.25) is 14.6 Å². The predicted molar refractivity (Wildman–Crippen MR) is 85.6 cm³/mol. The Morgan fingerprint density at radius 3 is 2.68 bits per heavy atom. The molecule has 6 heteroatoms. The minimum atomic E-state index is -0.516. The van der Waals surface area contributed by atoms with Gasteiger partial charge in [0.15, 0.2) is 5.75 Å². The van der Waals surface area contributed by atoms with Crippen LogP contribution in [0.2, 0.25) is 5.02 Å².